The molecule has 7 heteroatoms. The lowest BCUT2D eigenvalue weighted by Gasteiger charge is -2.20. The van der Waals surface area contributed by atoms with Gasteiger partial charge in [-0.2, -0.15) is 0 Å². The van der Waals surface area contributed by atoms with Crippen LogP contribution in [0.2, 0.25) is 0 Å². The topological polar surface area (TPSA) is 36.9 Å². The summed E-state index contributed by atoms with van der Waals surface area (Å²) < 4.78 is 20.2. The van der Waals surface area contributed by atoms with Crippen LogP contribution in [0, 0.1) is 6.92 Å². The van der Waals surface area contributed by atoms with E-state index >= 15 is 0 Å². The van der Waals surface area contributed by atoms with Crippen LogP contribution < -0.4 is 10.2 Å². The molecule has 0 spiro atoms. The van der Waals surface area contributed by atoms with Crippen LogP contribution in [0.1, 0.15) is 5.56 Å². The molecule has 2 rings (SSSR count). The van der Waals surface area contributed by atoms with Crippen molar-refractivity contribution in [2.24, 2.45) is 0 Å². The van der Waals surface area contributed by atoms with Crippen molar-refractivity contribution in [3.8, 4) is 5.75 Å². The first-order valence-electron chi connectivity index (χ1n) is 4.55. The molecule has 1 fully saturated rings. The van der Waals surface area contributed by atoms with Crippen LogP contribution in [0.4, 0.5) is 0 Å². The lowest BCUT2D eigenvalue weighted by Crippen LogP contribution is -2.45. The highest BCUT2D eigenvalue weighted by Crippen LogP contribution is 2.11. The lowest BCUT2D eigenvalue weighted by atomic mass is 9.73. The maximum absolute atomic E-state index is 5.18. The van der Waals surface area contributed by atoms with Crippen LogP contribution in [-0.2, 0) is 13.7 Å². The molecule has 0 amide bonds. The summed E-state index contributed by atoms with van der Waals surface area (Å²) in [6, 6.07) is 5.70. The Bertz CT molecular complexity index is 341. The van der Waals surface area contributed by atoms with Gasteiger partial charge >= 0.3 is 22.5 Å². The number of methoxy groups -OCH3 is 1. The number of hydrogen-bond acceptors (Lipinski definition) is 4. The average molecular weight is 202 g/mol. The Kier molecular flexibility index (Phi) is 3.35. The predicted molar refractivity (Wildman–Crippen MR) is 57.9 cm³/mol. The van der Waals surface area contributed by atoms with Gasteiger partial charge in [0.2, 0.25) is 0 Å². The second-order valence-corrected chi connectivity index (χ2v) is 3.16. The van der Waals surface area contributed by atoms with Gasteiger partial charge in [0.1, 0.15) is 5.75 Å². The zero-order valence-electron chi connectivity index (χ0n) is 8.60. The van der Waals surface area contributed by atoms with Gasteiger partial charge in [0.25, 0.3) is 0 Å². The number of hydrogen-bond donors (Lipinski definition) is 0. The lowest BCUT2D eigenvalue weighted by molar-refractivity contribution is 0.333. The Balaban J connectivity index is 2.19. The van der Waals surface area contributed by atoms with Gasteiger partial charge in [-0.3, -0.25) is 0 Å². The Labute approximate surface area is 90.6 Å². The minimum Gasteiger partial charge on any atom is -0.497 e. The van der Waals surface area contributed by atoms with Gasteiger partial charge in [-0.1, -0.05) is 6.07 Å². The summed E-state index contributed by atoms with van der Waals surface area (Å²) in [5.41, 5.74) is 2.00. The summed E-state index contributed by atoms with van der Waals surface area (Å²) in [6.45, 7) is 1.97. The first-order valence-corrected chi connectivity index (χ1v) is 4.55. The van der Waals surface area contributed by atoms with Gasteiger partial charge < -0.3 is 18.5 Å². The second-order valence-electron chi connectivity index (χ2n) is 3.16. The van der Waals surface area contributed by atoms with Gasteiger partial charge in [0.05, 0.1) is 7.11 Å². The molecule has 1 aliphatic heterocycles. The highest BCUT2D eigenvalue weighted by molar-refractivity contribution is 6.71. The van der Waals surface area contributed by atoms with Gasteiger partial charge in [-0.15, -0.1) is 0 Å². The molecule has 0 saturated carbocycles. The monoisotopic (exact) mass is 202 g/mol. The van der Waals surface area contributed by atoms with Crippen molar-refractivity contribution in [2.75, 3.05) is 7.11 Å². The SMILES string of the molecule is COc1ccc(B2O[B]O[B]O2)c(C)c1. The molecule has 1 aromatic rings. The third-order valence-electron chi connectivity index (χ3n) is 2.20. The van der Waals surface area contributed by atoms with Gasteiger partial charge in [-0.05, 0) is 30.1 Å². The molecule has 1 aliphatic rings. The first-order chi connectivity index (χ1) is 7.31. The summed E-state index contributed by atoms with van der Waals surface area (Å²) in [4.78, 5) is 0. The van der Waals surface area contributed by atoms with E-state index in [0.717, 1.165) is 16.8 Å². The minimum absolute atomic E-state index is 0.440. The number of rotatable bonds is 2. The Hall–Kier alpha value is -0.905. The molecule has 0 unspecified atom stereocenters. The average Bonchev–Trinajstić information content (AvgIpc) is 2.30. The second kappa shape index (κ2) is 4.74. The maximum Gasteiger partial charge on any atom is 0.466 e. The number of benzene rings is 1. The van der Waals surface area contributed by atoms with Crippen molar-refractivity contribution in [2.45, 2.75) is 6.92 Å². The molecule has 0 atom stereocenters. The van der Waals surface area contributed by atoms with Crippen molar-refractivity contribution in [3.63, 3.8) is 0 Å². The van der Waals surface area contributed by atoms with E-state index < -0.39 is 7.12 Å². The number of aryl methyl sites for hydroxylation is 1. The van der Waals surface area contributed by atoms with E-state index in [0.29, 0.717) is 0 Å². The van der Waals surface area contributed by atoms with E-state index in [1.54, 1.807) is 7.11 Å². The van der Waals surface area contributed by atoms with Gasteiger partial charge in [0, 0.05) is 0 Å². The third-order valence-corrected chi connectivity index (χ3v) is 2.20. The van der Waals surface area contributed by atoms with Crippen LogP contribution in [-0.4, -0.2) is 29.6 Å². The van der Waals surface area contributed by atoms with Crippen LogP contribution in [0.15, 0.2) is 18.2 Å². The molecule has 0 aliphatic carbocycles. The zero-order chi connectivity index (χ0) is 10.7. The third kappa shape index (κ3) is 2.37. The molecular weight excluding hydrogens is 193 g/mol. The van der Waals surface area contributed by atoms with Crippen LogP contribution in [0.3, 0.4) is 0 Å². The highest BCUT2D eigenvalue weighted by atomic mass is 16.7. The van der Waals surface area contributed by atoms with Crippen molar-refractivity contribution in [3.05, 3.63) is 23.8 Å². The van der Waals surface area contributed by atoms with Crippen LogP contribution in [0.25, 0.3) is 0 Å². The Morgan fingerprint density at radius 3 is 2.60 bits per heavy atom. The Morgan fingerprint density at radius 2 is 2.00 bits per heavy atom. The van der Waals surface area contributed by atoms with E-state index in [4.69, 9.17) is 13.9 Å². The fourth-order valence-corrected chi connectivity index (χ4v) is 1.41. The largest absolute Gasteiger partial charge is 0.497 e. The fourth-order valence-electron chi connectivity index (χ4n) is 1.41. The smallest absolute Gasteiger partial charge is 0.466 e. The van der Waals surface area contributed by atoms with Crippen LogP contribution in [0.5, 0.6) is 5.75 Å². The summed E-state index contributed by atoms with van der Waals surface area (Å²) >= 11 is 0. The first kappa shape index (κ1) is 10.6. The quantitative estimate of drug-likeness (QED) is 0.623. The predicted octanol–water partition coefficient (Wildman–Crippen LogP) is -0.169. The molecule has 2 radical (unpaired) electrons. The van der Waals surface area contributed by atoms with Gasteiger partial charge in [0.15, 0.2) is 0 Å². The highest BCUT2D eigenvalue weighted by Gasteiger charge is 2.27. The van der Waals surface area contributed by atoms with E-state index in [1.807, 2.05) is 25.1 Å². The maximum atomic E-state index is 5.18. The minimum atomic E-state index is -0.440. The van der Waals surface area contributed by atoms with Crippen molar-refractivity contribution in [1.29, 1.82) is 0 Å². The summed E-state index contributed by atoms with van der Waals surface area (Å²) in [5, 5.41) is 0. The van der Waals surface area contributed by atoms with Crippen molar-refractivity contribution >= 4 is 28.0 Å². The zero-order valence-corrected chi connectivity index (χ0v) is 8.60. The molecule has 15 heavy (non-hydrogen) atoms. The Morgan fingerprint density at radius 1 is 1.27 bits per heavy atom. The summed E-state index contributed by atoms with van der Waals surface area (Å²) in [6.07, 6.45) is 0. The molecule has 0 aromatic heterocycles. The molecule has 1 aromatic carbocycles. The standard InChI is InChI=1S/C8H9B3O4/c1-6-5-7(12-2)3-4-8(6)11-14-9-13-10-15-11/h3-5H,1-2H3. The van der Waals surface area contributed by atoms with E-state index in [-0.39, 0.29) is 0 Å². The molecule has 74 valence electrons. The van der Waals surface area contributed by atoms with Crippen molar-refractivity contribution < 1.29 is 18.5 Å². The molecule has 1 saturated heterocycles. The van der Waals surface area contributed by atoms with Gasteiger partial charge in [-0.25, -0.2) is 0 Å². The summed E-state index contributed by atoms with van der Waals surface area (Å²) in [5.74, 6) is 0.816. The molecule has 4 nitrogen and oxygen atoms in total. The van der Waals surface area contributed by atoms with E-state index in [9.17, 15) is 0 Å². The van der Waals surface area contributed by atoms with Crippen molar-refractivity contribution in [1.82, 2.24) is 0 Å². The normalized spacial score (nSPS) is 15.5. The van der Waals surface area contributed by atoms with E-state index in [2.05, 4.69) is 4.57 Å². The van der Waals surface area contributed by atoms with Crippen LogP contribution >= 0.6 is 0 Å². The molecule has 0 bridgehead atoms. The fraction of sp³-hybridized carbons (Fsp3) is 0.250. The summed E-state index contributed by atoms with van der Waals surface area (Å²) in [7, 11) is 3.69. The molecule has 1 heterocycles. The van der Waals surface area contributed by atoms with E-state index in [1.165, 1.54) is 15.4 Å². The number of ether oxygens (including phenoxy) is 1. The molecular formula is C8H9B3O4. The molecule has 0 N–H and O–H groups in total.